The standard InChI is InChI=1S/C28H26N6O2/c1-36-24-16-30-15-23(33-24)22-11-19-7-9-31-27(35)25(19)26(34-22)32-21-4-2-17(3-5-21)10-18-6-8-28(12-18)13-20(29)14-28/h2-7,9,11,15-16,29H,8,10,12-14H2,1H3,(H,31,35)(H,32,34). The number of hydrogen-bond donors (Lipinski definition) is 3. The zero-order valence-electron chi connectivity index (χ0n) is 20.0. The molecule has 0 amide bonds. The van der Waals surface area contributed by atoms with E-state index in [2.05, 4.69) is 38.5 Å². The zero-order chi connectivity index (χ0) is 24.7. The number of ether oxygens (including phenoxy) is 1. The van der Waals surface area contributed by atoms with Crippen molar-refractivity contribution in [2.75, 3.05) is 12.4 Å². The summed E-state index contributed by atoms with van der Waals surface area (Å²) in [6.07, 6.45) is 12.2. The Bertz CT molecular complexity index is 1560. The van der Waals surface area contributed by atoms with E-state index in [0.29, 0.717) is 33.9 Å². The minimum Gasteiger partial charge on any atom is -0.480 e. The van der Waals surface area contributed by atoms with Gasteiger partial charge in [-0.2, -0.15) is 0 Å². The predicted molar refractivity (Wildman–Crippen MR) is 140 cm³/mol. The molecular weight excluding hydrogens is 452 g/mol. The molecule has 4 aromatic rings. The second kappa shape index (κ2) is 8.71. The van der Waals surface area contributed by atoms with Gasteiger partial charge in [-0.05, 0) is 72.7 Å². The lowest BCUT2D eigenvalue weighted by atomic mass is 9.65. The first-order valence-electron chi connectivity index (χ1n) is 12.0. The van der Waals surface area contributed by atoms with Gasteiger partial charge in [0.15, 0.2) is 0 Å². The molecule has 0 unspecified atom stereocenters. The molecule has 1 saturated carbocycles. The molecule has 8 heteroatoms. The lowest BCUT2D eigenvalue weighted by Gasteiger charge is -2.39. The summed E-state index contributed by atoms with van der Waals surface area (Å²) in [6.45, 7) is 0. The van der Waals surface area contributed by atoms with Crippen LogP contribution in [0.5, 0.6) is 5.88 Å². The number of allylic oxidation sites excluding steroid dienone is 2. The predicted octanol–water partition coefficient (Wildman–Crippen LogP) is 5.19. The molecule has 2 aliphatic rings. The topological polar surface area (TPSA) is 117 Å². The quantitative estimate of drug-likeness (QED) is 0.328. The second-order valence-electron chi connectivity index (χ2n) is 9.77. The van der Waals surface area contributed by atoms with Gasteiger partial charge in [0.1, 0.15) is 11.5 Å². The normalized spacial score (nSPS) is 18.8. The first-order valence-corrected chi connectivity index (χ1v) is 12.0. The number of anilines is 2. The van der Waals surface area contributed by atoms with E-state index in [4.69, 9.17) is 15.1 Å². The number of hydrogen-bond acceptors (Lipinski definition) is 7. The molecule has 8 nitrogen and oxygen atoms in total. The molecule has 1 fully saturated rings. The largest absolute Gasteiger partial charge is 0.480 e. The number of aromatic amines is 1. The lowest BCUT2D eigenvalue weighted by molar-refractivity contribution is 0.279. The smallest absolute Gasteiger partial charge is 0.259 e. The third-order valence-electron chi connectivity index (χ3n) is 7.09. The van der Waals surface area contributed by atoms with Gasteiger partial charge in [0.05, 0.1) is 30.6 Å². The average Bonchev–Trinajstić information content (AvgIpc) is 3.28. The first-order chi connectivity index (χ1) is 17.5. The molecule has 3 heterocycles. The van der Waals surface area contributed by atoms with Gasteiger partial charge < -0.3 is 20.4 Å². The van der Waals surface area contributed by atoms with E-state index in [9.17, 15) is 4.79 Å². The van der Waals surface area contributed by atoms with Crippen LogP contribution in [0.2, 0.25) is 0 Å². The number of benzene rings is 1. The van der Waals surface area contributed by atoms with Crippen molar-refractivity contribution in [1.82, 2.24) is 19.9 Å². The van der Waals surface area contributed by atoms with Gasteiger partial charge in [0, 0.05) is 17.6 Å². The van der Waals surface area contributed by atoms with Gasteiger partial charge in [0.25, 0.3) is 5.56 Å². The fourth-order valence-corrected chi connectivity index (χ4v) is 5.35. The highest BCUT2D eigenvalue weighted by molar-refractivity contribution is 5.95. The van der Waals surface area contributed by atoms with Crippen LogP contribution < -0.4 is 15.6 Å². The molecule has 0 radical (unpaired) electrons. The van der Waals surface area contributed by atoms with Crippen molar-refractivity contribution >= 4 is 28.0 Å². The van der Waals surface area contributed by atoms with Crippen molar-refractivity contribution in [2.45, 2.75) is 32.1 Å². The zero-order valence-corrected chi connectivity index (χ0v) is 20.0. The highest BCUT2D eigenvalue weighted by atomic mass is 16.5. The molecule has 1 spiro atoms. The van der Waals surface area contributed by atoms with Crippen LogP contribution in [-0.4, -0.2) is 32.8 Å². The van der Waals surface area contributed by atoms with Gasteiger partial charge in [-0.15, -0.1) is 0 Å². The second-order valence-corrected chi connectivity index (χ2v) is 9.77. The summed E-state index contributed by atoms with van der Waals surface area (Å²) in [4.78, 5) is 28.8. The van der Waals surface area contributed by atoms with Gasteiger partial charge in [0.2, 0.25) is 5.88 Å². The molecular formula is C28H26N6O2. The molecule has 36 heavy (non-hydrogen) atoms. The summed E-state index contributed by atoms with van der Waals surface area (Å²) in [6, 6.07) is 11.9. The van der Waals surface area contributed by atoms with Crippen molar-refractivity contribution in [2.24, 2.45) is 5.41 Å². The Morgan fingerprint density at radius 1 is 1.08 bits per heavy atom. The molecule has 0 atom stereocenters. The van der Waals surface area contributed by atoms with E-state index in [1.807, 2.05) is 24.3 Å². The Kier molecular flexibility index (Phi) is 5.36. The van der Waals surface area contributed by atoms with Crippen LogP contribution >= 0.6 is 0 Å². The maximum Gasteiger partial charge on any atom is 0.259 e. The SMILES string of the molecule is COc1cncc(-c2cc3cc[nH]c(=O)c3c(Nc3ccc(CC4=CCC5(CC(=N)C5)C4)cc3)n2)n1. The Morgan fingerprint density at radius 3 is 2.69 bits per heavy atom. The van der Waals surface area contributed by atoms with Crippen molar-refractivity contribution in [3.05, 3.63) is 82.6 Å². The number of methoxy groups -OCH3 is 1. The van der Waals surface area contributed by atoms with Crippen LogP contribution in [0.25, 0.3) is 22.2 Å². The number of fused-ring (bicyclic) bond motifs is 1. The van der Waals surface area contributed by atoms with E-state index in [1.165, 1.54) is 17.3 Å². The molecule has 0 aliphatic heterocycles. The maximum atomic E-state index is 12.7. The Morgan fingerprint density at radius 2 is 1.92 bits per heavy atom. The van der Waals surface area contributed by atoms with Gasteiger partial charge in [-0.25, -0.2) is 9.97 Å². The molecule has 180 valence electrons. The summed E-state index contributed by atoms with van der Waals surface area (Å²) in [7, 11) is 1.54. The van der Waals surface area contributed by atoms with Crippen LogP contribution in [0.3, 0.4) is 0 Å². The highest BCUT2D eigenvalue weighted by Crippen LogP contribution is 2.51. The van der Waals surface area contributed by atoms with Crippen LogP contribution in [0.15, 0.2) is 71.4 Å². The molecule has 6 rings (SSSR count). The number of H-pyrrole nitrogens is 1. The third-order valence-corrected chi connectivity index (χ3v) is 7.09. The van der Waals surface area contributed by atoms with Crippen LogP contribution in [0, 0.1) is 10.8 Å². The number of pyridine rings is 2. The fourth-order valence-electron chi connectivity index (χ4n) is 5.35. The molecule has 0 bridgehead atoms. The summed E-state index contributed by atoms with van der Waals surface area (Å²) >= 11 is 0. The van der Waals surface area contributed by atoms with E-state index in [0.717, 1.165) is 48.9 Å². The van der Waals surface area contributed by atoms with Crippen molar-refractivity contribution < 1.29 is 4.74 Å². The summed E-state index contributed by atoms with van der Waals surface area (Å²) < 4.78 is 5.21. The van der Waals surface area contributed by atoms with Gasteiger partial charge in [-0.1, -0.05) is 23.8 Å². The summed E-state index contributed by atoms with van der Waals surface area (Å²) in [5, 5.41) is 12.4. The van der Waals surface area contributed by atoms with Crippen molar-refractivity contribution in [1.29, 1.82) is 5.41 Å². The minimum atomic E-state index is -0.214. The molecule has 0 saturated heterocycles. The fraction of sp³-hybridized carbons (Fsp3) is 0.250. The number of aromatic nitrogens is 4. The van der Waals surface area contributed by atoms with Gasteiger partial charge in [-0.3, -0.25) is 9.78 Å². The minimum absolute atomic E-state index is 0.214. The third kappa shape index (κ3) is 4.15. The van der Waals surface area contributed by atoms with Gasteiger partial charge >= 0.3 is 0 Å². The molecule has 3 aromatic heterocycles. The number of nitrogens with one attached hydrogen (secondary N) is 3. The maximum absolute atomic E-state index is 12.7. The lowest BCUT2D eigenvalue weighted by Crippen LogP contribution is -2.34. The van der Waals surface area contributed by atoms with Crippen LogP contribution in [-0.2, 0) is 6.42 Å². The van der Waals surface area contributed by atoms with Crippen LogP contribution in [0.4, 0.5) is 11.5 Å². The Hall–Kier alpha value is -4.33. The Balaban J connectivity index is 1.26. The van der Waals surface area contributed by atoms with E-state index < -0.39 is 0 Å². The Labute approximate surface area is 208 Å². The van der Waals surface area contributed by atoms with Crippen molar-refractivity contribution in [3.63, 3.8) is 0 Å². The van der Waals surface area contributed by atoms with E-state index in [1.54, 1.807) is 19.5 Å². The number of nitrogens with zero attached hydrogens (tertiary/aromatic N) is 3. The molecule has 3 N–H and O–H groups in total. The molecule has 2 aliphatic carbocycles. The van der Waals surface area contributed by atoms with Crippen LogP contribution in [0.1, 0.15) is 31.2 Å². The van der Waals surface area contributed by atoms with E-state index in [-0.39, 0.29) is 5.56 Å². The average molecular weight is 479 g/mol. The summed E-state index contributed by atoms with van der Waals surface area (Å²) in [5.41, 5.74) is 5.71. The van der Waals surface area contributed by atoms with Crippen molar-refractivity contribution in [3.8, 4) is 17.3 Å². The van der Waals surface area contributed by atoms with E-state index >= 15 is 0 Å². The highest BCUT2D eigenvalue weighted by Gasteiger charge is 2.43. The number of rotatable bonds is 6. The summed E-state index contributed by atoms with van der Waals surface area (Å²) in [5.74, 6) is 0.846. The molecule has 1 aromatic carbocycles. The monoisotopic (exact) mass is 478 g/mol. The first kappa shape index (κ1) is 22.2.